The van der Waals surface area contributed by atoms with E-state index in [1.165, 1.54) is 0 Å². The number of rotatable bonds is 3. The Morgan fingerprint density at radius 2 is 2.30 bits per heavy atom. The molecule has 1 saturated heterocycles. The van der Waals surface area contributed by atoms with Gasteiger partial charge in [0.2, 0.25) is 0 Å². The fourth-order valence-corrected chi connectivity index (χ4v) is 2.88. The van der Waals surface area contributed by atoms with Gasteiger partial charge in [0.05, 0.1) is 5.52 Å². The van der Waals surface area contributed by atoms with Gasteiger partial charge in [-0.15, -0.1) is 0 Å². The summed E-state index contributed by atoms with van der Waals surface area (Å²) in [5, 5.41) is 1.01. The zero-order chi connectivity index (χ0) is 13.9. The van der Waals surface area contributed by atoms with E-state index in [0.29, 0.717) is 12.5 Å². The summed E-state index contributed by atoms with van der Waals surface area (Å²) in [7, 11) is 0. The van der Waals surface area contributed by atoms with Crippen molar-refractivity contribution in [3.05, 3.63) is 42.1 Å². The average Bonchev–Trinajstić information content (AvgIpc) is 2.95. The predicted molar refractivity (Wildman–Crippen MR) is 79.4 cm³/mol. The molecular formula is C16H19N3O. The van der Waals surface area contributed by atoms with Crippen LogP contribution in [0.25, 0.3) is 10.9 Å². The highest BCUT2D eigenvalue weighted by atomic mass is 16.2. The van der Waals surface area contributed by atoms with Gasteiger partial charge in [0.15, 0.2) is 0 Å². The zero-order valence-corrected chi connectivity index (χ0v) is 11.5. The lowest BCUT2D eigenvalue weighted by Gasteiger charge is -2.16. The van der Waals surface area contributed by atoms with Crippen LogP contribution < -0.4 is 5.73 Å². The maximum atomic E-state index is 12.5. The molecule has 0 radical (unpaired) electrons. The molecular weight excluding hydrogens is 250 g/mol. The Kier molecular flexibility index (Phi) is 3.65. The van der Waals surface area contributed by atoms with Crippen molar-refractivity contribution < 1.29 is 4.79 Å². The molecule has 1 aliphatic heterocycles. The highest BCUT2D eigenvalue weighted by molar-refractivity contribution is 5.98. The van der Waals surface area contributed by atoms with E-state index in [1.807, 2.05) is 35.2 Å². The number of aromatic nitrogens is 1. The first-order valence-corrected chi connectivity index (χ1v) is 7.12. The minimum Gasteiger partial charge on any atom is -0.338 e. The van der Waals surface area contributed by atoms with Gasteiger partial charge in [-0.2, -0.15) is 0 Å². The van der Waals surface area contributed by atoms with Gasteiger partial charge >= 0.3 is 0 Å². The fraction of sp³-hybridized carbons (Fsp3) is 0.375. The average molecular weight is 269 g/mol. The van der Waals surface area contributed by atoms with E-state index in [1.54, 1.807) is 6.20 Å². The van der Waals surface area contributed by atoms with Gasteiger partial charge in [-0.3, -0.25) is 9.78 Å². The van der Waals surface area contributed by atoms with Gasteiger partial charge in [0.1, 0.15) is 0 Å². The standard InChI is InChI=1S/C16H19N3O/c17-7-5-12-6-9-19(11-12)16(20)14-3-4-15-13(10-14)2-1-8-18-15/h1-4,8,10,12H,5-7,9,11,17H2. The van der Waals surface area contributed by atoms with Gasteiger partial charge in [-0.05, 0) is 49.6 Å². The van der Waals surface area contributed by atoms with Crippen LogP contribution in [0.3, 0.4) is 0 Å². The number of nitrogens with two attached hydrogens (primary N) is 1. The van der Waals surface area contributed by atoms with Gasteiger partial charge in [-0.1, -0.05) is 6.07 Å². The lowest BCUT2D eigenvalue weighted by atomic mass is 10.1. The summed E-state index contributed by atoms with van der Waals surface area (Å²) >= 11 is 0. The third kappa shape index (κ3) is 2.51. The first kappa shape index (κ1) is 13.1. The van der Waals surface area contributed by atoms with Crippen molar-refractivity contribution >= 4 is 16.8 Å². The van der Waals surface area contributed by atoms with Crippen molar-refractivity contribution in [3.8, 4) is 0 Å². The van der Waals surface area contributed by atoms with Crippen molar-refractivity contribution in [3.63, 3.8) is 0 Å². The second kappa shape index (κ2) is 5.59. The minimum absolute atomic E-state index is 0.121. The summed E-state index contributed by atoms with van der Waals surface area (Å²) in [6.45, 7) is 2.38. The number of fused-ring (bicyclic) bond motifs is 1. The molecule has 0 spiro atoms. The second-order valence-electron chi connectivity index (χ2n) is 5.39. The Morgan fingerprint density at radius 3 is 3.15 bits per heavy atom. The number of hydrogen-bond acceptors (Lipinski definition) is 3. The van der Waals surface area contributed by atoms with Crippen LogP contribution in [0.5, 0.6) is 0 Å². The van der Waals surface area contributed by atoms with Gasteiger partial charge in [0.25, 0.3) is 5.91 Å². The van der Waals surface area contributed by atoms with Crippen LogP contribution in [0.4, 0.5) is 0 Å². The van der Waals surface area contributed by atoms with Crippen molar-refractivity contribution in [2.75, 3.05) is 19.6 Å². The predicted octanol–water partition coefficient (Wildman–Crippen LogP) is 2.05. The molecule has 1 aliphatic rings. The molecule has 20 heavy (non-hydrogen) atoms. The third-order valence-electron chi connectivity index (χ3n) is 4.00. The normalized spacial score (nSPS) is 18.6. The zero-order valence-electron chi connectivity index (χ0n) is 11.5. The Hall–Kier alpha value is -1.94. The smallest absolute Gasteiger partial charge is 0.253 e. The molecule has 1 fully saturated rings. The quantitative estimate of drug-likeness (QED) is 0.927. The summed E-state index contributed by atoms with van der Waals surface area (Å²) in [5.74, 6) is 0.682. The molecule has 4 nitrogen and oxygen atoms in total. The number of likely N-dealkylation sites (tertiary alicyclic amines) is 1. The van der Waals surface area contributed by atoms with Crippen molar-refractivity contribution in [1.29, 1.82) is 0 Å². The first-order chi connectivity index (χ1) is 9.78. The van der Waals surface area contributed by atoms with Crippen molar-refractivity contribution in [2.24, 2.45) is 11.7 Å². The Balaban J connectivity index is 1.79. The lowest BCUT2D eigenvalue weighted by molar-refractivity contribution is 0.0787. The molecule has 1 aromatic carbocycles. The van der Waals surface area contributed by atoms with E-state index in [0.717, 1.165) is 42.4 Å². The molecule has 1 aromatic heterocycles. The monoisotopic (exact) mass is 269 g/mol. The molecule has 0 saturated carbocycles. The highest BCUT2D eigenvalue weighted by Crippen LogP contribution is 2.22. The third-order valence-corrected chi connectivity index (χ3v) is 4.00. The number of benzene rings is 1. The van der Waals surface area contributed by atoms with Crippen molar-refractivity contribution in [1.82, 2.24) is 9.88 Å². The maximum absolute atomic E-state index is 12.5. The van der Waals surface area contributed by atoms with E-state index in [9.17, 15) is 4.79 Å². The van der Waals surface area contributed by atoms with E-state index in [4.69, 9.17) is 5.73 Å². The topological polar surface area (TPSA) is 59.2 Å². The largest absolute Gasteiger partial charge is 0.338 e. The van der Waals surface area contributed by atoms with Crippen LogP contribution >= 0.6 is 0 Å². The number of carbonyl (C=O) groups is 1. The first-order valence-electron chi connectivity index (χ1n) is 7.12. The lowest BCUT2D eigenvalue weighted by Crippen LogP contribution is -2.28. The Morgan fingerprint density at radius 1 is 1.40 bits per heavy atom. The molecule has 2 heterocycles. The van der Waals surface area contributed by atoms with Crippen LogP contribution in [0, 0.1) is 5.92 Å². The molecule has 0 aliphatic carbocycles. The molecule has 4 heteroatoms. The van der Waals surface area contributed by atoms with Gasteiger partial charge in [0, 0.05) is 30.2 Å². The number of nitrogens with zero attached hydrogens (tertiary/aromatic N) is 2. The second-order valence-corrected chi connectivity index (χ2v) is 5.39. The van der Waals surface area contributed by atoms with Gasteiger partial charge in [-0.25, -0.2) is 0 Å². The van der Waals surface area contributed by atoms with Crippen LogP contribution in [0.2, 0.25) is 0 Å². The highest BCUT2D eigenvalue weighted by Gasteiger charge is 2.26. The van der Waals surface area contributed by atoms with Crippen molar-refractivity contribution in [2.45, 2.75) is 12.8 Å². The summed E-state index contributed by atoms with van der Waals surface area (Å²) in [6, 6.07) is 9.59. The fourth-order valence-electron chi connectivity index (χ4n) is 2.88. The Bertz CT molecular complexity index is 626. The molecule has 1 amide bonds. The van der Waals surface area contributed by atoms with Crippen LogP contribution in [0.15, 0.2) is 36.5 Å². The number of pyridine rings is 1. The summed E-state index contributed by atoms with van der Waals surface area (Å²) < 4.78 is 0. The Labute approximate surface area is 118 Å². The SMILES string of the molecule is NCCC1CCN(C(=O)c2ccc3ncccc3c2)C1. The molecule has 3 rings (SSSR count). The minimum atomic E-state index is 0.121. The van der Waals surface area contributed by atoms with E-state index in [2.05, 4.69) is 4.98 Å². The summed E-state index contributed by atoms with van der Waals surface area (Å²) in [5.41, 5.74) is 7.26. The van der Waals surface area contributed by atoms with Crippen LogP contribution in [-0.2, 0) is 0 Å². The molecule has 1 atom stereocenters. The van der Waals surface area contributed by atoms with E-state index in [-0.39, 0.29) is 5.91 Å². The molecule has 0 bridgehead atoms. The summed E-state index contributed by atoms with van der Waals surface area (Å²) in [6.07, 6.45) is 3.84. The molecule has 1 unspecified atom stereocenters. The van der Waals surface area contributed by atoms with E-state index >= 15 is 0 Å². The van der Waals surface area contributed by atoms with Crippen LogP contribution in [-0.4, -0.2) is 35.4 Å². The summed E-state index contributed by atoms with van der Waals surface area (Å²) in [4.78, 5) is 18.7. The number of carbonyl (C=O) groups excluding carboxylic acids is 1. The molecule has 2 N–H and O–H groups in total. The molecule has 104 valence electrons. The number of hydrogen-bond donors (Lipinski definition) is 1. The van der Waals surface area contributed by atoms with Gasteiger partial charge < -0.3 is 10.6 Å². The van der Waals surface area contributed by atoms with Crippen LogP contribution in [0.1, 0.15) is 23.2 Å². The maximum Gasteiger partial charge on any atom is 0.253 e. The van der Waals surface area contributed by atoms with E-state index < -0.39 is 0 Å². The molecule has 2 aromatic rings. The number of amides is 1.